The number of hydrogen-bond donors (Lipinski definition) is 0. The summed E-state index contributed by atoms with van der Waals surface area (Å²) < 4.78 is 0. The molecule has 0 saturated heterocycles. The Hall–Kier alpha value is -1.04. The van der Waals surface area contributed by atoms with E-state index in [-0.39, 0.29) is 0 Å². The van der Waals surface area contributed by atoms with Gasteiger partial charge in [0.25, 0.3) is 0 Å². The van der Waals surface area contributed by atoms with E-state index >= 15 is 0 Å². The average molecular weight is 148 g/mol. The van der Waals surface area contributed by atoms with Crippen molar-refractivity contribution in [3.05, 3.63) is 48.6 Å². The van der Waals surface area contributed by atoms with Crippen molar-refractivity contribution in [2.75, 3.05) is 0 Å². The molecule has 0 aromatic rings. The Balaban J connectivity index is 4.41. The van der Waals surface area contributed by atoms with E-state index in [4.69, 9.17) is 0 Å². The van der Waals surface area contributed by atoms with Crippen molar-refractivity contribution in [3.63, 3.8) is 0 Å². The third kappa shape index (κ3) is 4.38. The van der Waals surface area contributed by atoms with E-state index in [0.29, 0.717) is 0 Å². The van der Waals surface area contributed by atoms with Gasteiger partial charge in [0.2, 0.25) is 0 Å². The van der Waals surface area contributed by atoms with Gasteiger partial charge in [0.05, 0.1) is 0 Å². The Labute approximate surface area is 69.6 Å². The third-order valence-electron chi connectivity index (χ3n) is 1.52. The molecule has 0 aliphatic carbocycles. The minimum atomic E-state index is 1.09. The van der Waals surface area contributed by atoms with Gasteiger partial charge in [-0.15, -0.1) is 0 Å². The van der Waals surface area contributed by atoms with Gasteiger partial charge in [-0.05, 0) is 18.9 Å². The first kappa shape index (κ1) is 9.96. The van der Waals surface area contributed by atoms with Gasteiger partial charge in [-0.3, -0.25) is 0 Å². The van der Waals surface area contributed by atoms with Crippen molar-refractivity contribution in [3.8, 4) is 0 Å². The molecular formula is C11H16. The predicted octanol–water partition coefficient (Wildman–Crippen LogP) is 3.64. The molecule has 0 rings (SSSR count). The highest BCUT2D eigenvalue weighted by Gasteiger charge is 1.85. The fraction of sp³-hybridized carbons (Fsp3) is 0.273. The predicted molar refractivity (Wildman–Crippen MR) is 52.5 cm³/mol. The monoisotopic (exact) mass is 148 g/mol. The zero-order valence-corrected chi connectivity index (χ0v) is 7.43. The molecule has 0 atom stereocenters. The van der Waals surface area contributed by atoms with Crippen LogP contribution in [0.25, 0.3) is 0 Å². The first-order valence-corrected chi connectivity index (χ1v) is 3.87. The molecule has 0 aromatic carbocycles. The van der Waals surface area contributed by atoms with Gasteiger partial charge in [-0.25, -0.2) is 0 Å². The van der Waals surface area contributed by atoms with Gasteiger partial charge in [0.1, 0.15) is 0 Å². The van der Waals surface area contributed by atoms with Crippen LogP contribution in [0.5, 0.6) is 0 Å². The van der Waals surface area contributed by atoms with Crippen LogP contribution in [-0.4, -0.2) is 0 Å². The zero-order valence-electron chi connectivity index (χ0n) is 7.43. The van der Waals surface area contributed by atoms with Gasteiger partial charge in [0, 0.05) is 0 Å². The topological polar surface area (TPSA) is 0 Å². The molecule has 0 aliphatic heterocycles. The van der Waals surface area contributed by atoms with Crippen LogP contribution >= 0.6 is 0 Å². The molecule has 0 aliphatic rings. The molecule has 0 unspecified atom stereocenters. The average Bonchev–Trinajstić information content (AvgIpc) is 2.03. The van der Waals surface area contributed by atoms with E-state index in [1.54, 1.807) is 6.08 Å². The molecule has 0 radical (unpaired) electrons. The van der Waals surface area contributed by atoms with Crippen LogP contribution in [0.4, 0.5) is 0 Å². The lowest BCUT2D eigenvalue weighted by molar-refractivity contribution is 1.10. The van der Waals surface area contributed by atoms with Gasteiger partial charge in [-0.2, -0.15) is 0 Å². The van der Waals surface area contributed by atoms with Crippen LogP contribution in [0.1, 0.15) is 20.3 Å². The highest BCUT2D eigenvalue weighted by Crippen LogP contribution is 2.06. The molecule has 60 valence electrons. The van der Waals surface area contributed by atoms with Gasteiger partial charge < -0.3 is 0 Å². The molecule has 0 bridgehead atoms. The Bertz CT molecular complexity index is 192. The molecule has 0 spiro atoms. The van der Waals surface area contributed by atoms with Crippen molar-refractivity contribution in [1.29, 1.82) is 0 Å². The van der Waals surface area contributed by atoms with E-state index < -0.39 is 0 Å². The molecule has 0 fully saturated rings. The Morgan fingerprint density at radius 3 is 2.36 bits per heavy atom. The summed E-state index contributed by atoms with van der Waals surface area (Å²) in [5.74, 6) is 0. The Morgan fingerprint density at radius 2 is 2.00 bits per heavy atom. The summed E-state index contributed by atoms with van der Waals surface area (Å²) in [6, 6.07) is 0. The molecule has 0 saturated carbocycles. The molecule has 0 nitrogen and oxygen atoms in total. The minimum absolute atomic E-state index is 1.09. The second-order valence-corrected chi connectivity index (χ2v) is 2.45. The summed E-state index contributed by atoms with van der Waals surface area (Å²) in [6.45, 7) is 11.6. The lowest BCUT2D eigenvalue weighted by Gasteiger charge is -1.95. The molecular weight excluding hydrogens is 132 g/mol. The second kappa shape index (κ2) is 5.72. The van der Waals surface area contributed by atoms with E-state index in [9.17, 15) is 0 Å². The van der Waals surface area contributed by atoms with Gasteiger partial charge in [0.15, 0.2) is 0 Å². The minimum Gasteiger partial charge on any atom is -0.0990 e. The first-order valence-electron chi connectivity index (χ1n) is 3.87. The van der Waals surface area contributed by atoms with E-state index in [1.165, 1.54) is 5.57 Å². The standard InChI is InChI=1S/C11H16/c1-5-8-11(7-3)9-10(4)6-2/h5,7-9H,1,3,6H2,2,4H3/b10-9-,11-8+. The first-order chi connectivity index (χ1) is 5.24. The maximum atomic E-state index is 3.71. The number of hydrogen-bond acceptors (Lipinski definition) is 0. The fourth-order valence-corrected chi connectivity index (χ4v) is 0.698. The summed E-state index contributed by atoms with van der Waals surface area (Å²) in [5, 5.41) is 0. The second-order valence-electron chi connectivity index (χ2n) is 2.45. The summed E-state index contributed by atoms with van der Waals surface area (Å²) in [7, 11) is 0. The zero-order chi connectivity index (χ0) is 8.69. The van der Waals surface area contributed by atoms with E-state index in [2.05, 4.69) is 33.1 Å². The maximum Gasteiger partial charge on any atom is -0.0263 e. The number of rotatable bonds is 4. The summed E-state index contributed by atoms with van der Waals surface area (Å²) >= 11 is 0. The van der Waals surface area contributed by atoms with Crippen LogP contribution in [0, 0.1) is 0 Å². The van der Waals surface area contributed by atoms with Crippen LogP contribution < -0.4 is 0 Å². The summed E-state index contributed by atoms with van der Waals surface area (Å²) in [4.78, 5) is 0. The fourth-order valence-electron chi connectivity index (χ4n) is 0.698. The van der Waals surface area contributed by atoms with E-state index in [0.717, 1.165) is 12.0 Å². The Kier molecular flexibility index (Phi) is 5.18. The van der Waals surface area contributed by atoms with Crippen molar-refractivity contribution in [2.24, 2.45) is 0 Å². The number of allylic oxidation sites excluding steroid dienone is 6. The molecule has 0 heteroatoms. The van der Waals surface area contributed by atoms with Crippen LogP contribution in [-0.2, 0) is 0 Å². The van der Waals surface area contributed by atoms with Crippen molar-refractivity contribution >= 4 is 0 Å². The normalized spacial score (nSPS) is 12.9. The van der Waals surface area contributed by atoms with Crippen molar-refractivity contribution < 1.29 is 0 Å². The molecule has 0 amide bonds. The highest BCUT2D eigenvalue weighted by atomic mass is 13.9. The van der Waals surface area contributed by atoms with Crippen LogP contribution in [0.2, 0.25) is 0 Å². The van der Waals surface area contributed by atoms with Crippen LogP contribution in [0.3, 0.4) is 0 Å². The molecule has 11 heavy (non-hydrogen) atoms. The lowest BCUT2D eigenvalue weighted by atomic mass is 10.1. The van der Waals surface area contributed by atoms with Gasteiger partial charge in [-0.1, -0.05) is 50.0 Å². The van der Waals surface area contributed by atoms with Crippen molar-refractivity contribution in [1.82, 2.24) is 0 Å². The Morgan fingerprint density at radius 1 is 1.36 bits per heavy atom. The largest absolute Gasteiger partial charge is 0.0990 e. The van der Waals surface area contributed by atoms with E-state index in [1.807, 2.05) is 12.2 Å². The highest BCUT2D eigenvalue weighted by molar-refractivity contribution is 5.34. The molecule has 0 heterocycles. The third-order valence-corrected chi connectivity index (χ3v) is 1.52. The summed E-state index contributed by atoms with van der Waals surface area (Å²) in [6.07, 6.45) is 8.76. The lowest BCUT2D eigenvalue weighted by Crippen LogP contribution is -1.74. The van der Waals surface area contributed by atoms with Crippen LogP contribution in [0.15, 0.2) is 48.6 Å². The molecule has 0 N–H and O–H groups in total. The molecule has 0 aromatic heterocycles. The summed E-state index contributed by atoms with van der Waals surface area (Å²) in [5.41, 5.74) is 2.48. The smallest absolute Gasteiger partial charge is 0.0263 e. The van der Waals surface area contributed by atoms with Crippen molar-refractivity contribution in [2.45, 2.75) is 20.3 Å². The maximum absolute atomic E-state index is 3.71. The quantitative estimate of drug-likeness (QED) is 0.534. The van der Waals surface area contributed by atoms with Gasteiger partial charge >= 0.3 is 0 Å². The SMILES string of the molecule is C=C/C=C(C=C)/C=C(/C)CC.